The van der Waals surface area contributed by atoms with Crippen molar-refractivity contribution in [3.05, 3.63) is 62.1 Å². The largest absolute Gasteiger partial charge is 0.488 e. The van der Waals surface area contributed by atoms with Gasteiger partial charge in [0.15, 0.2) is 5.65 Å². The Kier molecular flexibility index (Phi) is 4.53. The van der Waals surface area contributed by atoms with Crippen LogP contribution in [0.2, 0.25) is 0 Å². The van der Waals surface area contributed by atoms with Gasteiger partial charge in [-0.3, -0.25) is 18.7 Å². The second kappa shape index (κ2) is 7.26. The van der Waals surface area contributed by atoms with Gasteiger partial charge >= 0.3 is 5.69 Å². The Morgan fingerprint density at radius 1 is 1.19 bits per heavy atom. The van der Waals surface area contributed by atoms with Crippen LogP contribution in [0, 0.1) is 0 Å². The van der Waals surface area contributed by atoms with E-state index in [0.717, 1.165) is 28.7 Å². The minimum atomic E-state index is -0.416. The highest BCUT2D eigenvalue weighted by Gasteiger charge is 2.30. The first-order chi connectivity index (χ1) is 14.9. The third-order valence-corrected chi connectivity index (χ3v) is 6.12. The standard InChI is InChI=1S/C22H23N5O4/c1-25-19-17(21(29)26(2)22(25)30)23-18(24-19)14-7-5-9-27(11-14)20(28)15-10-13-6-3-4-8-16(13)31-12-15/h3-4,6,8,10,14H,5,7,9,11-12H2,1-2H3,(H,23,24). The molecule has 5 rings (SSSR count). The van der Waals surface area contributed by atoms with Crippen LogP contribution in [0.1, 0.15) is 30.1 Å². The van der Waals surface area contributed by atoms with Gasteiger partial charge in [-0.25, -0.2) is 9.78 Å². The molecule has 1 unspecified atom stereocenters. The number of rotatable bonds is 2. The number of hydrogen-bond acceptors (Lipinski definition) is 5. The summed E-state index contributed by atoms with van der Waals surface area (Å²) in [5, 5.41) is 0. The summed E-state index contributed by atoms with van der Waals surface area (Å²) in [4.78, 5) is 47.3. The summed E-state index contributed by atoms with van der Waals surface area (Å²) in [6.07, 6.45) is 3.57. The third-order valence-electron chi connectivity index (χ3n) is 6.12. The lowest BCUT2D eigenvalue weighted by Gasteiger charge is -2.33. The van der Waals surface area contributed by atoms with Crippen molar-refractivity contribution in [3.8, 4) is 5.75 Å². The molecule has 0 bridgehead atoms. The highest BCUT2D eigenvalue weighted by atomic mass is 16.5. The van der Waals surface area contributed by atoms with Crippen molar-refractivity contribution in [1.82, 2.24) is 24.0 Å². The number of likely N-dealkylation sites (tertiary alicyclic amines) is 1. The van der Waals surface area contributed by atoms with Crippen LogP contribution in [0.25, 0.3) is 17.2 Å². The molecule has 4 heterocycles. The first-order valence-electron chi connectivity index (χ1n) is 10.3. The molecular formula is C22H23N5O4. The minimum absolute atomic E-state index is 0.0395. The van der Waals surface area contributed by atoms with Crippen LogP contribution in [-0.4, -0.2) is 49.6 Å². The zero-order valence-corrected chi connectivity index (χ0v) is 17.4. The normalized spacial score (nSPS) is 18.5. The van der Waals surface area contributed by atoms with Gasteiger partial charge in [-0.1, -0.05) is 18.2 Å². The molecule has 2 aliphatic heterocycles. The molecule has 1 atom stereocenters. The lowest BCUT2D eigenvalue weighted by molar-refractivity contribution is -0.128. The van der Waals surface area contributed by atoms with Crippen LogP contribution in [0.15, 0.2) is 39.4 Å². The first kappa shape index (κ1) is 19.3. The molecule has 1 aromatic carbocycles. The number of para-hydroxylation sites is 1. The van der Waals surface area contributed by atoms with E-state index >= 15 is 0 Å². The Bertz CT molecular complexity index is 1350. The molecule has 9 heteroatoms. The van der Waals surface area contributed by atoms with Crippen molar-refractivity contribution < 1.29 is 9.53 Å². The zero-order chi connectivity index (χ0) is 21.7. The highest BCUT2D eigenvalue weighted by molar-refractivity contribution is 5.99. The highest BCUT2D eigenvalue weighted by Crippen LogP contribution is 2.30. The molecule has 0 radical (unpaired) electrons. The van der Waals surface area contributed by atoms with E-state index in [2.05, 4.69) is 9.97 Å². The molecule has 0 saturated carbocycles. The molecule has 2 aliphatic rings. The molecule has 9 nitrogen and oxygen atoms in total. The number of benzene rings is 1. The average molecular weight is 421 g/mol. The van der Waals surface area contributed by atoms with Crippen LogP contribution in [0.4, 0.5) is 0 Å². The molecule has 1 amide bonds. The van der Waals surface area contributed by atoms with Gasteiger partial charge < -0.3 is 14.6 Å². The lowest BCUT2D eigenvalue weighted by Crippen LogP contribution is -2.41. The number of hydrogen-bond donors (Lipinski definition) is 1. The van der Waals surface area contributed by atoms with Crippen LogP contribution < -0.4 is 16.0 Å². The second-order valence-electron chi connectivity index (χ2n) is 8.11. The summed E-state index contributed by atoms with van der Waals surface area (Å²) in [5.74, 6) is 1.33. The molecule has 3 aromatic rings. The SMILES string of the molecule is Cn1c(=O)c2[nH]c(C3CCCN(C(=O)C4=Cc5ccccc5OC4)C3)nc2n(C)c1=O. The maximum atomic E-state index is 13.2. The first-order valence-corrected chi connectivity index (χ1v) is 10.3. The molecular weight excluding hydrogens is 398 g/mol. The number of aromatic amines is 1. The van der Waals surface area contributed by atoms with Gasteiger partial charge in [0.05, 0.1) is 5.57 Å². The topological polar surface area (TPSA) is 102 Å². The minimum Gasteiger partial charge on any atom is -0.488 e. The van der Waals surface area contributed by atoms with Gasteiger partial charge in [-0.2, -0.15) is 0 Å². The van der Waals surface area contributed by atoms with E-state index in [1.54, 1.807) is 7.05 Å². The number of aromatic nitrogens is 4. The number of ether oxygens (including phenoxy) is 1. The Morgan fingerprint density at radius 3 is 2.84 bits per heavy atom. The molecule has 1 saturated heterocycles. The van der Waals surface area contributed by atoms with E-state index in [0.29, 0.717) is 35.7 Å². The van der Waals surface area contributed by atoms with Gasteiger partial charge in [-0.15, -0.1) is 0 Å². The van der Waals surface area contributed by atoms with Gasteiger partial charge in [0.2, 0.25) is 0 Å². The molecule has 160 valence electrons. The van der Waals surface area contributed by atoms with Crippen molar-refractivity contribution >= 4 is 23.1 Å². The van der Waals surface area contributed by atoms with Crippen LogP contribution in [0.3, 0.4) is 0 Å². The van der Waals surface area contributed by atoms with Crippen LogP contribution in [-0.2, 0) is 18.9 Å². The fourth-order valence-corrected chi connectivity index (χ4v) is 4.36. The Balaban J connectivity index is 1.42. The molecule has 1 fully saturated rings. The van der Waals surface area contributed by atoms with E-state index in [-0.39, 0.29) is 18.4 Å². The van der Waals surface area contributed by atoms with Gasteiger partial charge in [0.25, 0.3) is 11.5 Å². The summed E-state index contributed by atoms with van der Waals surface area (Å²) in [5.41, 5.74) is 1.36. The average Bonchev–Trinajstić information content (AvgIpc) is 3.26. The predicted molar refractivity (Wildman–Crippen MR) is 115 cm³/mol. The summed E-state index contributed by atoms with van der Waals surface area (Å²) >= 11 is 0. The van der Waals surface area contributed by atoms with E-state index in [1.807, 2.05) is 35.2 Å². The van der Waals surface area contributed by atoms with Crippen molar-refractivity contribution in [2.45, 2.75) is 18.8 Å². The fraction of sp³-hybridized carbons (Fsp3) is 0.364. The maximum Gasteiger partial charge on any atom is 0.332 e. The second-order valence-corrected chi connectivity index (χ2v) is 8.11. The molecule has 2 aromatic heterocycles. The van der Waals surface area contributed by atoms with Crippen molar-refractivity contribution in [1.29, 1.82) is 0 Å². The number of H-pyrrole nitrogens is 1. The Morgan fingerprint density at radius 2 is 2.00 bits per heavy atom. The molecule has 0 aliphatic carbocycles. The van der Waals surface area contributed by atoms with E-state index in [4.69, 9.17) is 4.74 Å². The number of fused-ring (bicyclic) bond motifs is 2. The number of imidazole rings is 1. The smallest absolute Gasteiger partial charge is 0.332 e. The van der Waals surface area contributed by atoms with E-state index < -0.39 is 11.2 Å². The van der Waals surface area contributed by atoms with Crippen LogP contribution >= 0.6 is 0 Å². The summed E-state index contributed by atoms with van der Waals surface area (Å²) in [6.45, 7) is 1.40. The summed E-state index contributed by atoms with van der Waals surface area (Å²) < 4.78 is 8.17. The number of carbonyl (C=O) groups is 1. The number of aryl methyl sites for hydroxylation is 1. The maximum absolute atomic E-state index is 13.2. The monoisotopic (exact) mass is 421 g/mol. The van der Waals surface area contributed by atoms with Crippen molar-refractivity contribution in [2.75, 3.05) is 19.7 Å². The van der Waals surface area contributed by atoms with E-state index in [9.17, 15) is 14.4 Å². The molecule has 0 spiro atoms. The number of carbonyl (C=O) groups excluding carboxylic acids is 1. The lowest BCUT2D eigenvalue weighted by atomic mass is 9.96. The van der Waals surface area contributed by atoms with Gasteiger partial charge in [0.1, 0.15) is 23.7 Å². The molecule has 31 heavy (non-hydrogen) atoms. The van der Waals surface area contributed by atoms with E-state index in [1.165, 1.54) is 11.6 Å². The van der Waals surface area contributed by atoms with Gasteiger partial charge in [0, 0.05) is 38.7 Å². The number of nitrogens with one attached hydrogen (secondary N) is 1. The summed E-state index contributed by atoms with van der Waals surface area (Å²) in [7, 11) is 3.04. The molecule has 1 N–H and O–H groups in total. The van der Waals surface area contributed by atoms with Crippen molar-refractivity contribution in [3.63, 3.8) is 0 Å². The van der Waals surface area contributed by atoms with Crippen LogP contribution in [0.5, 0.6) is 5.75 Å². The van der Waals surface area contributed by atoms with Crippen molar-refractivity contribution in [2.24, 2.45) is 14.1 Å². The zero-order valence-electron chi connectivity index (χ0n) is 17.4. The number of amides is 1. The Labute approximate surface area is 177 Å². The fourth-order valence-electron chi connectivity index (χ4n) is 4.36. The quantitative estimate of drug-likeness (QED) is 0.669. The van der Waals surface area contributed by atoms with Gasteiger partial charge in [-0.05, 0) is 25.0 Å². The summed E-state index contributed by atoms with van der Waals surface area (Å²) in [6, 6.07) is 7.65. The third kappa shape index (κ3) is 3.17. The predicted octanol–water partition coefficient (Wildman–Crippen LogP) is 1.14. The number of nitrogens with zero attached hydrogens (tertiary/aromatic N) is 4. The number of piperidine rings is 1. The Hall–Kier alpha value is -3.62.